The quantitative estimate of drug-likeness (QED) is 0.638. The van der Waals surface area contributed by atoms with E-state index in [0.717, 1.165) is 5.92 Å². The molecule has 1 aliphatic rings. The molecule has 2 rings (SSSR count). The van der Waals surface area contributed by atoms with Crippen LogP contribution in [-0.2, 0) is 6.42 Å². The maximum atomic E-state index is 2.37. The fraction of sp³-hybridized carbons (Fsp3) is 0.385. The lowest BCUT2D eigenvalue weighted by Crippen LogP contribution is -2.06. The molecule has 0 radical (unpaired) electrons. The van der Waals surface area contributed by atoms with Crippen LogP contribution in [0.3, 0.4) is 0 Å². The highest BCUT2D eigenvalue weighted by atomic mass is 14.2. The highest BCUT2D eigenvalue weighted by Gasteiger charge is 2.11. The van der Waals surface area contributed by atoms with Crippen LogP contribution in [0.2, 0.25) is 0 Å². The van der Waals surface area contributed by atoms with Gasteiger partial charge in [0.1, 0.15) is 0 Å². The molecular formula is C13H16. The van der Waals surface area contributed by atoms with Gasteiger partial charge in [-0.1, -0.05) is 49.8 Å². The lowest BCUT2D eigenvalue weighted by atomic mass is 9.87. The van der Waals surface area contributed by atoms with Crippen molar-refractivity contribution >= 4 is 6.08 Å². The van der Waals surface area contributed by atoms with Crippen molar-refractivity contribution in [2.45, 2.75) is 26.2 Å². The first kappa shape index (κ1) is 8.55. The molecule has 1 aromatic rings. The van der Waals surface area contributed by atoms with Gasteiger partial charge in [-0.05, 0) is 29.9 Å². The zero-order chi connectivity index (χ0) is 9.10. The summed E-state index contributed by atoms with van der Waals surface area (Å²) in [4.78, 5) is 0. The minimum absolute atomic E-state index is 0.778. The van der Waals surface area contributed by atoms with Gasteiger partial charge in [0.2, 0.25) is 0 Å². The van der Waals surface area contributed by atoms with Crippen LogP contribution in [0.1, 0.15) is 30.9 Å². The van der Waals surface area contributed by atoms with Crippen LogP contribution in [0.5, 0.6) is 0 Å². The molecule has 0 heteroatoms. The number of rotatable bonds is 2. The van der Waals surface area contributed by atoms with Gasteiger partial charge in [-0.15, -0.1) is 0 Å². The molecule has 1 aromatic carbocycles. The molecule has 0 aliphatic heterocycles. The fourth-order valence-corrected chi connectivity index (χ4v) is 2.04. The van der Waals surface area contributed by atoms with Gasteiger partial charge in [0.25, 0.3) is 0 Å². The molecule has 1 atom stereocenters. The molecule has 0 heterocycles. The van der Waals surface area contributed by atoms with Crippen molar-refractivity contribution in [3.8, 4) is 0 Å². The Labute approximate surface area is 80.3 Å². The minimum Gasteiger partial charge on any atom is -0.0805 e. The molecule has 68 valence electrons. The summed E-state index contributed by atoms with van der Waals surface area (Å²) in [6.45, 7) is 2.26. The predicted octanol–water partition coefficient (Wildman–Crippen LogP) is 3.67. The average molecular weight is 172 g/mol. The Morgan fingerprint density at radius 2 is 2.15 bits per heavy atom. The van der Waals surface area contributed by atoms with Gasteiger partial charge < -0.3 is 0 Å². The van der Waals surface area contributed by atoms with Crippen molar-refractivity contribution in [2.24, 2.45) is 5.92 Å². The molecule has 1 aliphatic carbocycles. The van der Waals surface area contributed by atoms with E-state index in [2.05, 4.69) is 43.3 Å². The molecule has 0 saturated carbocycles. The molecule has 13 heavy (non-hydrogen) atoms. The van der Waals surface area contributed by atoms with Crippen LogP contribution in [0, 0.1) is 5.92 Å². The molecule has 0 N–H and O–H groups in total. The Morgan fingerprint density at radius 1 is 1.31 bits per heavy atom. The first-order chi connectivity index (χ1) is 6.40. The smallest absolute Gasteiger partial charge is 0.0190 e. The summed E-state index contributed by atoms with van der Waals surface area (Å²) < 4.78 is 0. The van der Waals surface area contributed by atoms with Gasteiger partial charge in [-0.2, -0.15) is 0 Å². The minimum atomic E-state index is 0.778. The lowest BCUT2D eigenvalue weighted by molar-refractivity contribution is 0.575. The maximum Gasteiger partial charge on any atom is -0.0190 e. The summed E-state index contributed by atoms with van der Waals surface area (Å²) in [6.07, 6.45) is 8.49. The SMILES string of the molecule is CCC[C@H]1C=Cc2ccccc2C1. The Bertz CT molecular complexity index is 310. The third-order valence-electron chi connectivity index (χ3n) is 2.74. The van der Waals surface area contributed by atoms with Gasteiger partial charge in [0.15, 0.2) is 0 Å². The summed E-state index contributed by atoms with van der Waals surface area (Å²) in [5.41, 5.74) is 2.93. The molecule has 0 spiro atoms. The van der Waals surface area contributed by atoms with E-state index in [1.807, 2.05) is 0 Å². The van der Waals surface area contributed by atoms with Crippen LogP contribution in [0.25, 0.3) is 6.08 Å². The summed E-state index contributed by atoms with van der Waals surface area (Å²) in [5.74, 6) is 0.778. The van der Waals surface area contributed by atoms with Crippen molar-refractivity contribution in [1.29, 1.82) is 0 Å². The van der Waals surface area contributed by atoms with E-state index in [1.165, 1.54) is 30.4 Å². The van der Waals surface area contributed by atoms with Crippen molar-refractivity contribution in [3.05, 3.63) is 41.5 Å². The third-order valence-corrected chi connectivity index (χ3v) is 2.74. The first-order valence-corrected chi connectivity index (χ1v) is 5.16. The number of benzene rings is 1. The predicted molar refractivity (Wildman–Crippen MR) is 57.6 cm³/mol. The summed E-state index contributed by atoms with van der Waals surface area (Å²) in [6, 6.07) is 8.71. The molecule has 0 aromatic heterocycles. The molecule has 0 unspecified atom stereocenters. The molecular weight excluding hydrogens is 156 g/mol. The summed E-state index contributed by atoms with van der Waals surface area (Å²) in [7, 11) is 0. The van der Waals surface area contributed by atoms with Gasteiger partial charge in [-0.3, -0.25) is 0 Å². The zero-order valence-electron chi connectivity index (χ0n) is 8.16. The number of hydrogen-bond acceptors (Lipinski definition) is 0. The van der Waals surface area contributed by atoms with Crippen LogP contribution < -0.4 is 0 Å². The molecule has 0 fully saturated rings. The topological polar surface area (TPSA) is 0 Å². The van der Waals surface area contributed by atoms with Crippen molar-refractivity contribution in [2.75, 3.05) is 0 Å². The Hall–Kier alpha value is -1.04. The number of hydrogen-bond donors (Lipinski definition) is 0. The fourth-order valence-electron chi connectivity index (χ4n) is 2.04. The van der Waals surface area contributed by atoms with Crippen LogP contribution >= 0.6 is 0 Å². The zero-order valence-corrected chi connectivity index (χ0v) is 8.16. The molecule has 0 amide bonds. The van der Waals surface area contributed by atoms with E-state index in [4.69, 9.17) is 0 Å². The molecule has 0 bridgehead atoms. The van der Waals surface area contributed by atoms with E-state index in [-0.39, 0.29) is 0 Å². The normalized spacial score (nSPS) is 19.9. The second-order valence-electron chi connectivity index (χ2n) is 3.81. The van der Waals surface area contributed by atoms with E-state index >= 15 is 0 Å². The van der Waals surface area contributed by atoms with Crippen LogP contribution in [-0.4, -0.2) is 0 Å². The maximum absolute atomic E-state index is 2.37. The highest BCUT2D eigenvalue weighted by Crippen LogP contribution is 2.25. The van der Waals surface area contributed by atoms with Gasteiger partial charge in [-0.25, -0.2) is 0 Å². The van der Waals surface area contributed by atoms with Crippen LogP contribution in [0.4, 0.5) is 0 Å². The second kappa shape index (κ2) is 3.78. The van der Waals surface area contributed by atoms with Gasteiger partial charge in [0.05, 0.1) is 0 Å². The van der Waals surface area contributed by atoms with Crippen molar-refractivity contribution in [1.82, 2.24) is 0 Å². The van der Waals surface area contributed by atoms with Crippen molar-refractivity contribution < 1.29 is 0 Å². The molecule has 0 saturated heterocycles. The largest absolute Gasteiger partial charge is 0.0805 e. The monoisotopic (exact) mass is 172 g/mol. The summed E-state index contributed by atoms with van der Waals surface area (Å²) >= 11 is 0. The van der Waals surface area contributed by atoms with Crippen LogP contribution in [0.15, 0.2) is 30.3 Å². The number of fused-ring (bicyclic) bond motifs is 1. The Kier molecular flexibility index (Phi) is 2.49. The van der Waals surface area contributed by atoms with E-state index in [1.54, 1.807) is 0 Å². The standard InChI is InChI=1S/C13H16/c1-2-5-11-8-9-12-6-3-4-7-13(12)10-11/h3-4,6-9,11H,2,5,10H2,1H3/t11-/m0/s1. The average Bonchev–Trinajstić information content (AvgIpc) is 2.18. The van der Waals surface area contributed by atoms with Crippen molar-refractivity contribution in [3.63, 3.8) is 0 Å². The van der Waals surface area contributed by atoms with Gasteiger partial charge in [0, 0.05) is 0 Å². The Balaban J connectivity index is 2.19. The highest BCUT2D eigenvalue weighted by molar-refractivity contribution is 5.56. The lowest BCUT2D eigenvalue weighted by Gasteiger charge is -2.18. The third kappa shape index (κ3) is 1.82. The summed E-state index contributed by atoms with van der Waals surface area (Å²) in [5, 5.41) is 0. The van der Waals surface area contributed by atoms with Gasteiger partial charge >= 0.3 is 0 Å². The first-order valence-electron chi connectivity index (χ1n) is 5.16. The van der Waals surface area contributed by atoms with E-state index in [9.17, 15) is 0 Å². The van der Waals surface area contributed by atoms with E-state index in [0.29, 0.717) is 0 Å². The van der Waals surface area contributed by atoms with E-state index < -0.39 is 0 Å². The second-order valence-corrected chi connectivity index (χ2v) is 3.81. The molecule has 0 nitrogen and oxygen atoms in total. The number of allylic oxidation sites excluding steroid dienone is 1. The Morgan fingerprint density at radius 3 is 3.00 bits per heavy atom.